The van der Waals surface area contributed by atoms with Crippen molar-refractivity contribution in [2.45, 2.75) is 48.7 Å². The smallest absolute Gasteiger partial charge is 0.352 e. The van der Waals surface area contributed by atoms with E-state index >= 15 is 0 Å². The van der Waals surface area contributed by atoms with Crippen LogP contribution in [0.3, 0.4) is 0 Å². The number of fused-ring (bicyclic) bond motifs is 1. The summed E-state index contributed by atoms with van der Waals surface area (Å²) in [7, 11) is 0. The molecular weight excluding hydrogens is 552 g/mol. The number of nitrogens with one attached hydrogen (secondary N) is 2. The van der Waals surface area contributed by atoms with Gasteiger partial charge in [0.1, 0.15) is 23.2 Å². The third kappa shape index (κ3) is 5.59. The highest BCUT2D eigenvalue weighted by Crippen LogP contribution is 2.41. The molecule has 2 aromatic heterocycles. The number of primary amides is 1. The molecule has 2 aliphatic rings. The normalized spacial score (nSPS) is 19.9. The second-order valence-corrected chi connectivity index (χ2v) is 12.7. The number of amides is 4. The van der Waals surface area contributed by atoms with Gasteiger partial charge in [-0.25, -0.2) is 9.59 Å². The lowest BCUT2D eigenvalue weighted by atomic mass is 9.89. The van der Waals surface area contributed by atoms with Crippen molar-refractivity contribution in [1.29, 1.82) is 0 Å². The van der Waals surface area contributed by atoms with Crippen molar-refractivity contribution in [1.82, 2.24) is 20.6 Å². The molecule has 12 nitrogen and oxygen atoms in total. The third-order valence-electron chi connectivity index (χ3n) is 5.95. The van der Waals surface area contributed by atoms with Crippen LogP contribution in [0.1, 0.15) is 37.3 Å². The second-order valence-electron chi connectivity index (χ2n) is 9.60. The average molecular weight is 579 g/mol. The van der Waals surface area contributed by atoms with E-state index in [4.69, 9.17) is 5.73 Å². The molecule has 3 atom stereocenters. The minimum Gasteiger partial charge on any atom is -0.593 e. The summed E-state index contributed by atoms with van der Waals surface area (Å²) in [4.78, 5) is 51.8. The number of nitrogens with zero attached hydrogens (tertiary/aromatic N) is 3. The molecule has 2 aliphatic heterocycles. The number of hydrogen-bond donors (Lipinski definition) is 4. The van der Waals surface area contributed by atoms with E-state index in [9.17, 15) is 29.5 Å². The Morgan fingerprint density at radius 1 is 1.39 bits per heavy atom. The summed E-state index contributed by atoms with van der Waals surface area (Å²) >= 11 is 3.70. The molecule has 0 aromatic carbocycles. The van der Waals surface area contributed by atoms with Crippen molar-refractivity contribution >= 4 is 58.7 Å². The summed E-state index contributed by atoms with van der Waals surface area (Å²) in [6, 6.07) is 2.15. The first kappa shape index (κ1) is 27.7. The van der Waals surface area contributed by atoms with Crippen molar-refractivity contribution in [3.63, 3.8) is 0 Å². The number of β-lactam (4-membered cyclic amide) rings is 1. The molecule has 2 unspecified atom stereocenters. The predicted octanol–water partition coefficient (Wildman–Crippen LogP) is 1.31. The number of nitrogens with two attached hydrogens (primary N) is 1. The van der Waals surface area contributed by atoms with Crippen molar-refractivity contribution in [3.05, 3.63) is 56.7 Å². The first-order valence-electron chi connectivity index (χ1n) is 11.4. The average Bonchev–Trinajstić information content (AvgIpc) is 3.38. The molecule has 38 heavy (non-hydrogen) atoms. The monoisotopic (exact) mass is 578 g/mol. The molecule has 4 rings (SSSR count). The van der Waals surface area contributed by atoms with Crippen LogP contribution in [0.25, 0.3) is 0 Å². The van der Waals surface area contributed by atoms with Crippen molar-refractivity contribution in [3.8, 4) is 0 Å². The zero-order chi connectivity index (χ0) is 27.8. The summed E-state index contributed by atoms with van der Waals surface area (Å²) in [5.74, 6) is -2.02. The molecule has 15 heteroatoms. The van der Waals surface area contributed by atoms with Crippen LogP contribution in [0.2, 0.25) is 0 Å². The van der Waals surface area contributed by atoms with E-state index in [0.29, 0.717) is 20.3 Å². The Hall–Kier alpha value is -3.30. The maximum absolute atomic E-state index is 13.0. The number of carboxylic acid groups (broad SMARTS) is 1. The molecule has 0 aliphatic carbocycles. The first-order chi connectivity index (χ1) is 17.9. The Kier molecular flexibility index (Phi) is 7.90. The number of aromatic nitrogens is 2. The number of carboxylic acids is 1. The molecule has 0 spiro atoms. The van der Waals surface area contributed by atoms with Crippen LogP contribution in [0, 0.1) is 5.21 Å². The molecule has 1 saturated heterocycles. The van der Waals surface area contributed by atoms with E-state index in [1.165, 1.54) is 29.3 Å². The Labute approximate surface area is 230 Å². The number of carbonyl (C=O) groups excluding carboxylic acids is 3. The van der Waals surface area contributed by atoms with Crippen molar-refractivity contribution in [2.24, 2.45) is 5.73 Å². The maximum atomic E-state index is 13.0. The van der Waals surface area contributed by atoms with Crippen molar-refractivity contribution in [2.75, 3.05) is 11.5 Å². The van der Waals surface area contributed by atoms with E-state index in [1.54, 1.807) is 23.6 Å². The zero-order valence-electron chi connectivity index (χ0n) is 20.7. The van der Waals surface area contributed by atoms with Gasteiger partial charge in [0.2, 0.25) is 5.91 Å². The van der Waals surface area contributed by atoms with Crippen LogP contribution in [-0.2, 0) is 19.8 Å². The third-order valence-corrected chi connectivity index (χ3v) is 9.29. The van der Waals surface area contributed by atoms with Gasteiger partial charge < -0.3 is 26.7 Å². The maximum Gasteiger partial charge on any atom is 0.352 e. The Balaban J connectivity index is 1.50. The fraction of sp³-hybridized carbons (Fsp3) is 0.391. The second kappa shape index (κ2) is 10.8. The number of thiophene rings is 1. The van der Waals surface area contributed by atoms with Gasteiger partial charge in [-0.05, 0) is 44.6 Å². The van der Waals surface area contributed by atoms with Crippen molar-refractivity contribution < 1.29 is 29.1 Å². The molecular formula is C23H26N6O6S3. The Morgan fingerprint density at radius 2 is 2.13 bits per heavy atom. The lowest BCUT2D eigenvalue weighted by molar-refractivity contribution is -0.706. The topological polar surface area (TPSA) is 182 Å². The van der Waals surface area contributed by atoms with Gasteiger partial charge in [0.05, 0.1) is 6.20 Å². The molecule has 4 heterocycles. The molecule has 0 bridgehead atoms. The fourth-order valence-corrected chi connectivity index (χ4v) is 7.14. The SMILES string of the molecule is CC(C)(C)c1cn[n+]([O-])c(SCC2=C(C(=O)O)N3C(=O)[C@H](NC(=O)C(NC(N)=O)c4cccs4)C3SC2)c1. The van der Waals surface area contributed by atoms with E-state index in [0.717, 1.165) is 22.2 Å². The van der Waals surface area contributed by atoms with Crippen LogP contribution < -0.4 is 21.2 Å². The number of thioether (sulfide) groups is 2. The largest absolute Gasteiger partial charge is 0.593 e. The van der Waals surface area contributed by atoms with Crippen LogP contribution in [0.5, 0.6) is 0 Å². The Bertz CT molecular complexity index is 1310. The number of hydrogen-bond acceptors (Lipinski definition) is 9. The first-order valence-corrected chi connectivity index (χ1v) is 14.3. The minimum absolute atomic E-state index is 0.154. The summed E-state index contributed by atoms with van der Waals surface area (Å²) in [6.07, 6.45) is 1.51. The van der Waals surface area contributed by atoms with E-state index in [1.807, 2.05) is 20.8 Å². The number of carbonyl (C=O) groups is 4. The van der Waals surface area contributed by atoms with Gasteiger partial charge in [-0.3, -0.25) is 14.5 Å². The molecule has 4 amide bonds. The molecule has 202 valence electrons. The summed E-state index contributed by atoms with van der Waals surface area (Å²) in [5, 5.41) is 32.5. The lowest BCUT2D eigenvalue weighted by Crippen LogP contribution is -2.71. The number of aliphatic carboxylic acids is 1. The molecule has 5 N–H and O–H groups in total. The number of rotatable bonds is 8. The van der Waals surface area contributed by atoms with E-state index in [2.05, 4.69) is 15.7 Å². The molecule has 0 saturated carbocycles. The highest BCUT2D eigenvalue weighted by Gasteiger charge is 2.54. The highest BCUT2D eigenvalue weighted by molar-refractivity contribution is 8.01. The van der Waals surface area contributed by atoms with Gasteiger partial charge in [-0.2, -0.15) is 0 Å². The molecule has 2 aromatic rings. The lowest BCUT2D eigenvalue weighted by Gasteiger charge is -2.49. The quantitative estimate of drug-likeness (QED) is 0.155. The Morgan fingerprint density at radius 3 is 2.74 bits per heavy atom. The minimum atomic E-state index is -1.27. The van der Waals surface area contributed by atoms with Crippen LogP contribution in [0.15, 0.2) is 46.1 Å². The summed E-state index contributed by atoms with van der Waals surface area (Å²) in [6.45, 7) is 5.98. The van der Waals surface area contributed by atoms with E-state index in [-0.39, 0.29) is 22.6 Å². The predicted molar refractivity (Wildman–Crippen MR) is 142 cm³/mol. The zero-order valence-corrected chi connectivity index (χ0v) is 23.1. The van der Waals surface area contributed by atoms with Crippen LogP contribution >= 0.6 is 34.9 Å². The molecule has 0 radical (unpaired) electrons. The molecule has 1 fully saturated rings. The van der Waals surface area contributed by atoms with Crippen LogP contribution in [-0.4, -0.2) is 61.8 Å². The summed E-state index contributed by atoms with van der Waals surface area (Å²) < 4.78 is 0. The van der Waals surface area contributed by atoms with Gasteiger partial charge in [0.15, 0.2) is 0 Å². The summed E-state index contributed by atoms with van der Waals surface area (Å²) in [5.41, 5.74) is 6.18. The van der Waals surface area contributed by atoms with Gasteiger partial charge in [-0.15, -0.1) is 23.1 Å². The van der Waals surface area contributed by atoms with Gasteiger partial charge in [0, 0.05) is 27.5 Å². The number of urea groups is 1. The highest BCUT2D eigenvalue weighted by atomic mass is 32.2. The van der Waals surface area contributed by atoms with Gasteiger partial charge >= 0.3 is 12.0 Å². The van der Waals surface area contributed by atoms with Gasteiger partial charge in [0.25, 0.3) is 10.9 Å². The van der Waals surface area contributed by atoms with Crippen LogP contribution in [0.4, 0.5) is 4.79 Å². The van der Waals surface area contributed by atoms with Gasteiger partial charge in [-0.1, -0.05) is 26.8 Å². The van der Waals surface area contributed by atoms with E-state index < -0.39 is 41.3 Å². The standard InChI is InChI=1S/C23H26N6O6S3/c1-23(2,3)12-7-14(29(35)25-8-12)37-9-11-10-38-20-16(19(31)28(20)17(11)21(32)33)26-18(30)15(27-22(24)34)13-5-4-6-36-13/h4-8,15-16,20H,9-10H2,1-3H3,(H,26,30)(H,32,33)(H3,24,27,34)/t15?,16-,20?/m0/s1. The fourth-order valence-electron chi connectivity index (χ4n) is 3.96.